The van der Waals surface area contributed by atoms with Gasteiger partial charge in [-0.1, -0.05) is 23.7 Å². The minimum Gasteiger partial charge on any atom is -0.502 e. The summed E-state index contributed by atoms with van der Waals surface area (Å²) in [6.07, 6.45) is 4.07. The highest BCUT2D eigenvalue weighted by atomic mass is 35.5. The van der Waals surface area contributed by atoms with E-state index in [1.165, 1.54) is 0 Å². The number of hydrogen-bond donors (Lipinski definition) is 2. The van der Waals surface area contributed by atoms with Crippen molar-refractivity contribution in [1.29, 1.82) is 0 Å². The second-order valence-corrected chi connectivity index (χ2v) is 5.67. The van der Waals surface area contributed by atoms with Gasteiger partial charge >= 0.3 is 0 Å². The zero-order valence-corrected chi connectivity index (χ0v) is 13.6. The average Bonchev–Trinajstić information content (AvgIpc) is 2.63. The average molecular weight is 357 g/mol. The molecule has 0 aliphatic heterocycles. The van der Waals surface area contributed by atoms with Crippen LogP contribution in [0.25, 0.3) is 0 Å². The predicted molar refractivity (Wildman–Crippen MR) is 91.6 cm³/mol. The van der Waals surface area contributed by atoms with Crippen LogP contribution in [0, 0.1) is 0 Å². The maximum absolute atomic E-state index is 12.5. The van der Waals surface area contributed by atoms with E-state index in [0.717, 1.165) is 23.5 Å². The Morgan fingerprint density at radius 3 is 2.40 bits per heavy atom. The summed E-state index contributed by atoms with van der Waals surface area (Å²) in [5.74, 6) is -1.34. The number of amides is 1. The monoisotopic (exact) mass is 356 g/mol. The quantitative estimate of drug-likeness (QED) is 0.749. The number of halogens is 1. The molecular formula is C18H13ClN2O4. The van der Waals surface area contributed by atoms with E-state index in [4.69, 9.17) is 16.0 Å². The molecule has 6 nitrogen and oxygen atoms in total. The molecule has 0 aliphatic carbocycles. The van der Waals surface area contributed by atoms with Gasteiger partial charge in [-0.3, -0.25) is 14.6 Å². The van der Waals surface area contributed by atoms with E-state index < -0.39 is 23.1 Å². The smallest absolute Gasteiger partial charge is 0.287 e. The first kappa shape index (κ1) is 16.7. The molecule has 2 aromatic heterocycles. The van der Waals surface area contributed by atoms with Gasteiger partial charge in [0.05, 0.1) is 6.04 Å². The lowest BCUT2D eigenvalue weighted by Gasteiger charge is -2.19. The molecule has 7 heteroatoms. The van der Waals surface area contributed by atoms with Gasteiger partial charge in [-0.05, 0) is 35.4 Å². The van der Waals surface area contributed by atoms with Gasteiger partial charge in [0.1, 0.15) is 6.26 Å². The molecule has 3 aromatic rings. The van der Waals surface area contributed by atoms with Crippen LogP contribution in [0.4, 0.5) is 0 Å². The SMILES string of the molecule is O=C(NC(c1ccncc1)c1ccc(Cl)cc1)c1cc(=O)c(O)co1. The van der Waals surface area contributed by atoms with Crippen molar-refractivity contribution in [1.82, 2.24) is 10.3 Å². The van der Waals surface area contributed by atoms with Gasteiger partial charge in [-0.2, -0.15) is 0 Å². The third-order valence-corrected chi connectivity index (χ3v) is 3.81. The number of hydrogen-bond acceptors (Lipinski definition) is 5. The minimum atomic E-state index is -0.691. The summed E-state index contributed by atoms with van der Waals surface area (Å²) >= 11 is 5.93. The third-order valence-electron chi connectivity index (χ3n) is 3.55. The third kappa shape index (κ3) is 3.87. The molecule has 0 bridgehead atoms. The van der Waals surface area contributed by atoms with Gasteiger partial charge < -0.3 is 14.8 Å². The molecule has 0 aliphatic rings. The number of nitrogens with one attached hydrogen (secondary N) is 1. The fourth-order valence-electron chi connectivity index (χ4n) is 2.30. The molecule has 1 atom stereocenters. The molecule has 1 amide bonds. The van der Waals surface area contributed by atoms with E-state index in [0.29, 0.717) is 5.02 Å². The predicted octanol–water partition coefficient (Wildman–Crippen LogP) is 2.91. The van der Waals surface area contributed by atoms with Crippen molar-refractivity contribution < 1.29 is 14.3 Å². The number of carbonyl (C=O) groups is 1. The minimum absolute atomic E-state index is 0.198. The first-order chi connectivity index (χ1) is 12.0. The molecule has 1 aromatic carbocycles. The molecule has 0 radical (unpaired) electrons. The molecule has 3 rings (SSSR count). The van der Waals surface area contributed by atoms with E-state index >= 15 is 0 Å². The van der Waals surface area contributed by atoms with Crippen molar-refractivity contribution in [3.8, 4) is 5.75 Å². The zero-order valence-electron chi connectivity index (χ0n) is 12.8. The van der Waals surface area contributed by atoms with Crippen molar-refractivity contribution in [3.63, 3.8) is 0 Å². The van der Waals surface area contributed by atoms with E-state index in [9.17, 15) is 14.7 Å². The molecule has 2 heterocycles. The standard InChI is InChI=1S/C18H13ClN2O4/c19-13-3-1-11(2-4-13)17(12-5-7-20-8-6-12)21-18(24)16-9-14(22)15(23)10-25-16/h1-10,17,23H,(H,21,24). The van der Waals surface area contributed by atoms with Crippen molar-refractivity contribution in [2.24, 2.45) is 0 Å². The van der Waals surface area contributed by atoms with Crippen LogP contribution in [0.15, 0.2) is 70.3 Å². The Morgan fingerprint density at radius 1 is 1.12 bits per heavy atom. The summed E-state index contributed by atoms with van der Waals surface area (Å²) in [5.41, 5.74) is 0.903. The van der Waals surface area contributed by atoms with Crippen LogP contribution in [-0.4, -0.2) is 16.0 Å². The van der Waals surface area contributed by atoms with Crippen LogP contribution < -0.4 is 10.7 Å². The van der Waals surface area contributed by atoms with Crippen molar-refractivity contribution >= 4 is 17.5 Å². The molecule has 25 heavy (non-hydrogen) atoms. The molecule has 2 N–H and O–H groups in total. The van der Waals surface area contributed by atoms with Gasteiger partial charge in [0.25, 0.3) is 5.91 Å². The molecule has 126 valence electrons. The van der Waals surface area contributed by atoms with Gasteiger partial charge in [-0.25, -0.2) is 0 Å². The summed E-state index contributed by atoms with van der Waals surface area (Å²) in [6.45, 7) is 0. The van der Waals surface area contributed by atoms with E-state index in [1.54, 1.807) is 48.8 Å². The second kappa shape index (κ2) is 7.19. The second-order valence-electron chi connectivity index (χ2n) is 5.23. The van der Waals surface area contributed by atoms with Crippen molar-refractivity contribution in [3.05, 3.63) is 93.3 Å². The molecule has 1 unspecified atom stereocenters. The maximum atomic E-state index is 12.5. The first-order valence-corrected chi connectivity index (χ1v) is 7.70. The lowest BCUT2D eigenvalue weighted by molar-refractivity contribution is 0.0912. The van der Waals surface area contributed by atoms with Crippen LogP contribution >= 0.6 is 11.6 Å². The highest BCUT2D eigenvalue weighted by molar-refractivity contribution is 6.30. The van der Waals surface area contributed by atoms with E-state index in [1.807, 2.05) is 0 Å². The van der Waals surface area contributed by atoms with Crippen LogP contribution in [0.5, 0.6) is 5.75 Å². The lowest BCUT2D eigenvalue weighted by Crippen LogP contribution is -2.29. The Hall–Kier alpha value is -3.12. The summed E-state index contributed by atoms with van der Waals surface area (Å²) < 4.78 is 5.00. The normalized spacial score (nSPS) is 11.7. The molecule has 0 saturated carbocycles. The summed E-state index contributed by atoms with van der Waals surface area (Å²) in [6, 6.07) is 11.0. The first-order valence-electron chi connectivity index (χ1n) is 7.32. The summed E-state index contributed by atoms with van der Waals surface area (Å²) in [7, 11) is 0. The van der Waals surface area contributed by atoms with Crippen LogP contribution in [0.3, 0.4) is 0 Å². The summed E-state index contributed by atoms with van der Waals surface area (Å²) in [4.78, 5) is 27.9. The van der Waals surface area contributed by atoms with Crippen LogP contribution in [0.1, 0.15) is 27.7 Å². The number of carbonyl (C=O) groups excluding carboxylic acids is 1. The van der Waals surface area contributed by atoms with Gasteiger partial charge in [0.15, 0.2) is 11.5 Å². The number of rotatable bonds is 4. The van der Waals surface area contributed by atoms with Gasteiger partial charge in [0, 0.05) is 23.5 Å². The van der Waals surface area contributed by atoms with E-state index in [-0.39, 0.29) is 5.76 Å². The molecule has 0 spiro atoms. The lowest BCUT2D eigenvalue weighted by atomic mass is 9.99. The maximum Gasteiger partial charge on any atom is 0.287 e. The largest absolute Gasteiger partial charge is 0.502 e. The zero-order chi connectivity index (χ0) is 17.8. The fraction of sp³-hybridized carbons (Fsp3) is 0.0556. The van der Waals surface area contributed by atoms with Gasteiger partial charge in [0.2, 0.25) is 5.43 Å². The number of nitrogens with zero attached hydrogens (tertiary/aromatic N) is 1. The number of aromatic hydroxyl groups is 1. The van der Waals surface area contributed by atoms with E-state index in [2.05, 4.69) is 10.3 Å². The Morgan fingerprint density at radius 2 is 1.76 bits per heavy atom. The molecular weight excluding hydrogens is 344 g/mol. The summed E-state index contributed by atoms with van der Waals surface area (Å²) in [5, 5.41) is 12.6. The number of aromatic nitrogens is 1. The van der Waals surface area contributed by atoms with Gasteiger partial charge in [-0.15, -0.1) is 0 Å². The fourth-order valence-corrected chi connectivity index (χ4v) is 2.42. The van der Waals surface area contributed by atoms with Crippen LogP contribution in [-0.2, 0) is 0 Å². The Kier molecular flexibility index (Phi) is 4.81. The highest BCUT2D eigenvalue weighted by Crippen LogP contribution is 2.23. The molecule has 0 fully saturated rings. The highest BCUT2D eigenvalue weighted by Gasteiger charge is 2.20. The van der Waals surface area contributed by atoms with Crippen molar-refractivity contribution in [2.75, 3.05) is 0 Å². The Balaban J connectivity index is 1.94. The Labute approximate surface area is 147 Å². The topological polar surface area (TPSA) is 92.4 Å². The number of benzene rings is 1. The molecule has 0 saturated heterocycles. The number of pyridine rings is 1. The van der Waals surface area contributed by atoms with Crippen LogP contribution in [0.2, 0.25) is 5.02 Å². The van der Waals surface area contributed by atoms with Crippen molar-refractivity contribution in [2.45, 2.75) is 6.04 Å². The Bertz CT molecular complexity index is 939.